The SMILES string of the molecule is COc1nc(-c2ccc3scnc3c2)ccc1-n1cnc(C)c1. The Hall–Kier alpha value is -2.73. The van der Waals surface area contributed by atoms with Gasteiger partial charge in [0.05, 0.1) is 40.6 Å². The minimum atomic E-state index is 0.568. The van der Waals surface area contributed by atoms with E-state index in [0.717, 1.165) is 28.2 Å². The fourth-order valence-corrected chi connectivity index (χ4v) is 3.17. The average molecular weight is 322 g/mol. The quantitative estimate of drug-likeness (QED) is 0.575. The van der Waals surface area contributed by atoms with Gasteiger partial charge in [0.25, 0.3) is 0 Å². The van der Waals surface area contributed by atoms with E-state index in [0.29, 0.717) is 5.88 Å². The minimum Gasteiger partial charge on any atom is -0.479 e. The molecule has 1 aromatic carbocycles. The average Bonchev–Trinajstić information content (AvgIpc) is 3.22. The standard InChI is InChI=1S/C17H14N4OS/c1-11-8-21(9-18-11)15-5-4-13(20-17(15)22-2)12-3-6-16-14(7-12)19-10-23-16/h3-10H,1-2H3. The third-order valence-electron chi connectivity index (χ3n) is 3.65. The molecule has 0 spiro atoms. The summed E-state index contributed by atoms with van der Waals surface area (Å²) >= 11 is 1.63. The smallest absolute Gasteiger partial charge is 0.238 e. The van der Waals surface area contributed by atoms with Gasteiger partial charge in [0, 0.05) is 11.8 Å². The van der Waals surface area contributed by atoms with Crippen molar-refractivity contribution >= 4 is 21.6 Å². The van der Waals surface area contributed by atoms with Crippen molar-refractivity contribution in [3.63, 3.8) is 0 Å². The van der Waals surface area contributed by atoms with E-state index in [1.807, 2.05) is 35.3 Å². The molecule has 0 atom stereocenters. The summed E-state index contributed by atoms with van der Waals surface area (Å²) in [7, 11) is 1.63. The number of fused-ring (bicyclic) bond motifs is 1. The van der Waals surface area contributed by atoms with Crippen LogP contribution < -0.4 is 4.74 Å². The molecule has 0 aliphatic heterocycles. The third kappa shape index (κ3) is 2.47. The van der Waals surface area contributed by atoms with Crippen LogP contribution in [0.15, 0.2) is 48.4 Å². The van der Waals surface area contributed by atoms with Gasteiger partial charge in [0.1, 0.15) is 5.69 Å². The predicted molar refractivity (Wildman–Crippen MR) is 91.3 cm³/mol. The summed E-state index contributed by atoms with van der Waals surface area (Å²) < 4.78 is 8.55. The summed E-state index contributed by atoms with van der Waals surface area (Å²) in [5, 5.41) is 0. The molecule has 0 saturated heterocycles. The number of aromatic nitrogens is 4. The summed E-state index contributed by atoms with van der Waals surface area (Å²) in [6, 6.07) is 10.2. The fraction of sp³-hybridized carbons (Fsp3) is 0.118. The molecular formula is C17H14N4OS. The third-order valence-corrected chi connectivity index (χ3v) is 4.46. The summed E-state index contributed by atoms with van der Waals surface area (Å²) in [5.41, 5.74) is 6.54. The zero-order chi connectivity index (χ0) is 15.8. The van der Waals surface area contributed by atoms with Crippen LogP contribution in [0.25, 0.3) is 27.2 Å². The van der Waals surface area contributed by atoms with Crippen molar-refractivity contribution in [3.05, 3.63) is 54.1 Å². The highest BCUT2D eigenvalue weighted by Gasteiger charge is 2.11. The zero-order valence-corrected chi connectivity index (χ0v) is 13.5. The van der Waals surface area contributed by atoms with Crippen LogP contribution >= 0.6 is 11.3 Å². The first kappa shape index (κ1) is 13.9. The summed E-state index contributed by atoms with van der Waals surface area (Å²) in [6.07, 6.45) is 3.70. The molecule has 0 unspecified atom stereocenters. The van der Waals surface area contributed by atoms with Crippen molar-refractivity contribution in [2.24, 2.45) is 0 Å². The molecule has 5 nitrogen and oxygen atoms in total. The first-order valence-corrected chi connectivity index (χ1v) is 8.02. The Kier molecular flexibility index (Phi) is 3.31. The summed E-state index contributed by atoms with van der Waals surface area (Å²) in [4.78, 5) is 13.3. The summed E-state index contributed by atoms with van der Waals surface area (Å²) in [6.45, 7) is 1.95. The lowest BCUT2D eigenvalue weighted by molar-refractivity contribution is 0.396. The molecule has 4 rings (SSSR count). The molecule has 4 aromatic rings. The molecule has 114 valence electrons. The monoisotopic (exact) mass is 322 g/mol. The van der Waals surface area contributed by atoms with Crippen molar-refractivity contribution in [1.82, 2.24) is 19.5 Å². The Bertz CT molecular complexity index is 989. The van der Waals surface area contributed by atoms with E-state index in [2.05, 4.69) is 33.2 Å². The van der Waals surface area contributed by atoms with Gasteiger partial charge >= 0.3 is 0 Å². The highest BCUT2D eigenvalue weighted by molar-refractivity contribution is 7.16. The lowest BCUT2D eigenvalue weighted by Gasteiger charge is -2.10. The molecule has 0 N–H and O–H groups in total. The number of benzene rings is 1. The molecule has 0 radical (unpaired) electrons. The highest BCUT2D eigenvalue weighted by atomic mass is 32.1. The molecule has 0 saturated carbocycles. The number of ether oxygens (including phenoxy) is 1. The number of pyridine rings is 1. The molecule has 3 heterocycles. The second kappa shape index (κ2) is 5.48. The number of methoxy groups -OCH3 is 1. The van der Waals surface area contributed by atoms with Gasteiger partial charge in [-0.2, -0.15) is 0 Å². The van der Waals surface area contributed by atoms with Gasteiger partial charge in [0.2, 0.25) is 5.88 Å². The van der Waals surface area contributed by atoms with E-state index in [1.54, 1.807) is 24.8 Å². The number of imidazole rings is 1. The van der Waals surface area contributed by atoms with E-state index in [1.165, 1.54) is 4.70 Å². The predicted octanol–water partition coefficient (Wildman–Crippen LogP) is 3.86. The number of rotatable bonds is 3. The zero-order valence-electron chi connectivity index (χ0n) is 12.7. The van der Waals surface area contributed by atoms with Crippen LogP contribution in [0.4, 0.5) is 0 Å². The van der Waals surface area contributed by atoms with Crippen LogP contribution in [0, 0.1) is 6.92 Å². The largest absolute Gasteiger partial charge is 0.479 e. The highest BCUT2D eigenvalue weighted by Crippen LogP contribution is 2.28. The van der Waals surface area contributed by atoms with Crippen LogP contribution in [0.5, 0.6) is 5.88 Å². The van der Waals surface area contributed by atoms with Crippen molar-refractivity contribution in [2.75, 3.05) is 7.11 Å². The molecule has 0 amide bonds. The topological polar surface area (TPSA) is 52.8 Å². The fourth-order valence-electron chi connectivity index (χ4n) is 2.51. The molecule has 0 bridgehead atoms. The normalized spacial score (nSPS) is 11.0. The van der Waals surface area contributed by atoms with E-state index in [-0.39, 0.29) is 0 Å². The van der Waals surface area contributed by atoms with Crippen LogP contribution in [-0.4, -0.2) is 26.6 Å². The van der Waals surface area contributed by atoms with Crippen molar-refractivity contribution in [1.29, 1.82) is 0 Å². The first-order chi connectivity index (χ1) is 11.2. The summed E-state index contributed by atoms with van der Waals surface area (Å²) in [5.74, 6) is 0.568. The van der Waals surface area contributed by atoms with Gasteiger partial charge in [-0.3, -0.25) is 0 Å². The van der Waals surface area contributed by atoms with Gasteiger partial charge in [-0.1, -0.05) is 6.07 Å². The second-order valence-electron chi connectivity index (χ2n) is 5.18. The lowest BCUT2D eigenvalue weighted by Crippen LogP contribution is -1.99. The number of thiazole rings is 1. The van der Waals surface area contributed by atoms with Gasteiger partial charge in [-0.25, -0.2) is 15.0 Å². The minimum absolute atomic E-state index is 0.568. The van der Waals surface area contributed by atoms with Crippen molar-refractivity contribution < 1.29 is 4.74 Å². The Morgan fingerprint density at radius 2 is 2.04 bits per heavy atom. The van der Waals surface area contributed by atoms with Crippen molar-refractivity contribution in [2.45, 2.75) is 6.92 Å². The van der Waals surface area contributed by atoms with E-state index in [4.69, 9.17) is 4.74 Å². The van der Waals surface area contributed by atoms with E-state index >= 15 is 0 Å². The van der Waals surface area contributed by atoms with Gasteiger partial charge < -0.3 is 9.30 Å². The Morgan fingerprint density at radius 1 is 1.13 bits per heavy atom. The number of aryl methyl sites for hydroxylation is 1. The first-order valence-electron chi connectivity index (χ1n) is 7.14. The van der Waals surface area contributed by atoms with Gasteiger partial charge in [-0.05, 0) is 31.2 Å². The molecule has 6 heteroatoms. The maximum Gasteiger partial charge on any atom is 0.238 e. The number of hydrogen-bond donors (Lipinski definition) is 0. The van der Waals surface area contributed by atoms with Crippen LogP contribution in [0.3, 0.4) is 0 Å². The Balaban J connectivity index is 1.80. The van der Waals surface area contributed by atoms with Crippen LogP contribution in [0.2, 0.25) is 0 Å². The number of nitrogens with zero attached hydrogens (tertiary/aromatic N) is 4. The molecule has 23 heavy (non-hydrogen) atoms. The Morgan fingerprint density at radius 3 is 2.83 bits per heavy atom. The van der Waals surface area contributed by atoms with E-state index in [9.17, 15) is 0 Å². The lowest BCUT2D eigenvalue weighted by atomic mass is 10.1. The molecule has 0 aliphatic carbocycles. The van der Waals surface area contributed by atoms with Gasteiger partial charge in [0.15, 0.2) is 0 Å². The molecule has 3 aromatic heterocycles. The Labute approximate surface area is 137 Å². The molecule has 0 fully saturated rings. The number of hydrogen-bond acceptors (Lipinski definition) is 5. The molecular weight excluding hydrogens is 308 g/mol. The van der Waals surface area contributed by atoms with E-state index < -0.39 is 0 Å². The van der Waals surface area contributed by atoms with Gasteiger partial charge in [-0.15, -0.1) is 11.3 Å². The maximum atomic E-state index is 5.47. The van der Waals surface area contributed by atoms with Crippen LogP contribution in [-0.2, 0) is 0 Å². The second-order valence-corrected chi connectivity index (χ2v) is 6.07. The maximum absolute atomic E-state index is 5.47. The molecule has 0 aliphatic rings. The van der Waals surface area contributed by atoms with Crippen LogP contribution in [0.1, 0.15) is 5.69 Å². The van der Waals surface area contributed by atoms with Crippen molar-refractivity contribution in [3.8, 4) is 22.8 Å².